The molecule has 0 saturated carbocycles. The average molecular weight is 697 g/mol. The average Bonchev–Trinajstić information content (AvgIpc) is 3.46. The Morgan fingerprint density at radius 1 is 0.896 bits per heavy atom. The number of sulfonamides is 1. The standard InChI is InChI=1S/C30H23F7N6O4S/c31-21-22(32)24(34)27(26(23(21)33)46-14-30(35,36)37)48(44,45)42-12-4-5-17(13-42)43-29-20(28(38)39-15-40-29)25(41-43)16-8-10-19(11-9-16)47-18-6-2-1-3-7-18/h1-3,6-11,15,17H,4-5,12-14H2,(H2,38,39,40)/t17-/m1/s1. The molecule has 1 aliphatic rings. The summed E-state index contributed by atoms with van der Waals surface area (Å²) in [4.78, 5) is 6.42. The number of rotatable bonds is 8. The molecule has 5 aromatic rings. The number of para-hydroxylation sites is 1. The summed E-state index contributed by atoms with van der Waals surface area (Å²) >= 11 is 0. The molecule has 2 aromatic heterocycles. The smallest absolute Gasteiger partial charge is 0.422 e. The summed E-state index contributed by atoms with van der Waals surface area (Å²) in [6.07, 6.45) is -3.61. The predicted molar refractivity (Wildman–Crippen MR) is 157 cm³/mol. The van der Waals surface area contributed by atoms with Crippen LogP contribution in [0.3, 0.4) is 0 Å². The van der Waals surface area contributed by atoms with Gasteiger partial charge in [-0.25, -0.2) is 36.2 Å². The van der Waals surface area contributed by atoms with Gasteiger partial charge in [0.2, 0.25) is 21.7 Å². The van der Waals surface area contributed by atoms with Crippen molar-refractivity contribution < 1.29 is 48.6 Å². The van der Waals surface area contributed by atoms with Crippen LogP contribution in [0.1, 0.15) is 18.9 Å². The Morgan fingerprint density at radius 3 is 2.25 bits per heavy atom. The highest BCUT2D eigenvalue weighted by molar-refractivity contribution is 7.89. The molecule has 10 nitrogen and oxygen atoms in total. The number of halogens is 7. The normalized spacial score (nSPS) is 15.9. The van der Waals surface area contributed by atoms with Gasteiger partial charge in [-0.1, -0.05) is 18.2 Å². The first-order chi connectivity index (χ1) is 22.8. The molecule has 3 heterocycles. The van der Waals surface area contributed by atoms with Crippen LogP contribution in [0.4, 0.5) is 36.6 Å². The first-order valence-electron chi connectivity index (χ1n) is 14.1. The van der Waals surface area contributed by atoms with E-state index in [9.17, 15) is 39.2 Å². The lowest BCUT2D eigenvalue weighted by atomic mass is 10.1. The number of anilines is 1. The molecular formula is C30H23F7N6O4S. The van der Waals surface area contributed by atoms with Crippen molar-refractivity contribution in [2.45, 2.75) is 30.0 Å². The van der Waals surface area contributed by atoms with E-state index in [-0.39, 0.29) is 30.9 Å². The van der Waals surface area contributed by atoms with Gasteiger partial charge in [-0.15, -0.1) is 0 Å². The summed E-state index contributed by atoms with van der Waals surface area (Å²) < 4.78 is 136. The van der Waals surface area contributed by atoms with E-state index < -0.39 is 69.3 Å². The van der Waals surface area contributed by atoms with Crippen molar-refractivity contribution in [2.24, 2.45) is 0 Å². The number of nitrogen functional groups attached to an aromatic ring is 1. The van der Waals surface area contributed by atoms with Crippen LogP contribution in [0.2, 0.25) is 0 Å². The zero-order valence-electron chi connectivity index (χ0n) is 24.4. The van der Waals surface area contributed by atoms with Gasteiger partial charge in [0.15, 0.2) is 34.5 Å². The second-order valence-corrected chi connectivity index (χ2v) is 12.5. The maximum absolute atomic E-state index is 15.0. The number of piperidine rings is 1. The molecule has 48 heavy (non-hydrogen) atoms. The number of ether oxygens (including phenoxy) is 2. The van der Waals surface area contributed by atoms with Gasteiger partial charge in [0.25, 0.3) is 0 Å². The largest absolute Gasteiger partial charge is 0.479 e. The molecule has 0 amide bonds. The summed E-state index contributed by atoms with van der Waals surface area (Å²) in [7, 11) is -5.32. The van der Waals surface area contributed by atoms with Crippen molar-refractivity contribution >= 4 is 26.9 Å². The van der Waals surface area contributed by atoms with Gasteiger partial charge in [0, 0.05) is 18.7 Å². The maximum Gasteiger partial charge on any atom is 0.422 e. The van der Waals surface area contributed by atoms with Crippen LogP contribution in [0, 0.1) is 23.3 Å². The fraction of sp³-hybridized carbons (Fsp3) is 0.233. The van der Waals surface area contributed by atoms with Crippen molar-refractivity contribution in [1.82, 2.24) is 24.1 Å². The lowest BCUT2D eigenvalue weighted by Gasteiger charge is -2.32. The second-order valence-electron chi connectivity index (χ2n) is 10.7. The Balaban J connectivity index is 1.35. The predicted octanol–water partition coefficient (Wildman–Crippen LogP) is 6.39. The SMILES string of the molecule is Nc1ncnc2c1c(-c1ccc(Oc3ccccc3)cc1)nn2[C@@H]1CCCN(S(=O)(=O)c2c(F)c(F)c(F)c(F)c2OCC(F)(F)F)C1. The molecule has 1 saturated heterocycles. The van der Waals surface area contributed by atoms with Crippen LogP contribution in [0.25, 0.3) is 22.3 Å². The number of benzene rings is 3. The van der Waals surface area contributed by atoms with Crippen LogP contribution in [-0.4, -0.2) is 58.3 Å². The highest BCUT2D eigenvalue weighted by Gasteiger charge is 2.41. The first-order valence-corrected chi connectivity index (χ1v) is 15.6. The second kappa shape index (κ2) is 12.6. The van der Waals surface area contributed by atoms with Gasteiger partial charge in [0.05, 0.1) is 11.4 Å². The van der Waals surface area contributed by atoms with Crippen molar-refractivity contribution in [3.63, 3.8) is 0 Å². The zero-order chi connectivity index (χ0) is 34.4. The van der Waals surface area contributed by atoms with E-state index in [0.717, 1.165) is 6.33 Å². The van der Waals surface area contributed by atoms with E-state index >= 15 is 0 Å². The van der Waals surface area contributed by atoms with Crippen molar-refractivity contribution in [3.05, 3.63) is 84.2 Å². The Kier molecular flexibility index (Phi) is 8.63. The third-order valence-corrected chi connectivity index (χ3v) is 9.38. The van der Waals surface area contributed by atoms with Crippen LogP contribution in [0.15, 0.2) is 65.8 Å². The van der Waals surface area contributed by atoms with Crippen LogP contribution >= 0.6 is 0 Å². The molecule has 6 rings (SSSR count). The maximum atomic E-state index is 15.0. The van der Waals surface area contributed by atoms with E-state index in [1.165, 1.54) is 4.68 Å². The minimum Gasteiger partial charge on any atom is -0.479 e. The monoisotopic (exact) mass is 696 g/mol. The summed E-state index contributed by atoms with van der Waals surface area (Å²) in [5.41, 5.74) is 7.29. The quantitative estimate of drug-likeness (QED) is 0.112. The van der Waals surface area contributed by atoms with E-state index in [1.54, 1.807) is 36.4 Å². The number of alkyl halides is 3. The van der Waals surface area contributed by atoms with Gasteiger partial charge in [0.1, 0.15) is 29.3 Å². The molecule has 1 fully saturated rings. The third kappa shape index (κ3) is 6.19. The lowest BCUT2D eigenvalue weighted by Crippen LogP contribution is -2.41. The summed E-state index contributed by atoms with van der Waals surface area (Å²) in [5, 5.41) is 4.98. The lowest BCUT2D eigenvalue weighted by molar-refractivity contribution is -0.154. The number of fused-ring (bicyclic) bond motifs is 1. The third-order valence-electron chi connectivity index (χ3n) is 7.49. The Bertz CT molecular complexity index is 2100. The fourth-order valence-corrected chi connectivity index (χ4v) is 7.03. The van der Waals surface area contributed by atoms with E-state index in [4.69, 9.17) is 10.5 Å². The minimum absolute atomic E-state index is 0.0527. The van der Waals surface area contributed by atoms with Crippen molar-refractivity contribution in [3.8, 4) is 28.5 Å². The molecule has 252 valence electrons. The molecule has 0 bridgehead atoms. The van der Waals surface area contributed by atoms with E-state index in [1.807, 2.05) is 18.2 Å². The van der Waals surface area contributed by atoms with Gasteiger partial charge in [-0.05, 0) is 49.2 Å². The van der Waals surface area contributed by atoms with Crippen LogP contribution < -0.4 is 15.2 Å². The molecule has 3 aromatic carbocycles. The molecule has 0 radical (unpaired) electrons. The number of nitrogens with zero attached hydrogens (tertiary/aromatic N) is 5. The summed E-state index contributed by atoms with van der Waals surface area (Å²) in [6.45, 7) is -3.13. The first kappa shape index (κ1) is 33.0. The van der Waals surface area contributed by atoms with Crippen molar-refractivity contribution in [2.75, 3.05) is 25.4 Å². The fourth-order valence-electron chi connectivity index (χ4n) is 5.33. The molecule has 0 spiro atoms. The molecular weight excluding hydrogens is 673 g/mol. The molecule has 2 N–H and O–H groups in total. The molecule has 1 atom stereocenters. The number of aromatic nitrogens is 4. The minimum atomic E-state index is -5.32. The van der Waals surface area contributed by atoms with Crippen LogP contribution in [-0.2, 0) is 10.0 Å². The molecule has 18 heteroatoms. The Hall–Kier alpha value is -4.97. The highest BCUT2D eigenvalue weighted by Crippen LogP contribution is 2.40. The Labute approximate surface area is 267 Å². The summed E-state index contributed by atoms with van der Waals surface area (Å²) in [6, 6.07) is 15.0. The highest BCUT2D eigenvalue weighted by atomic mass is 32.2. The molecule has 1 aliphatic heterocycles. The van der Waals surface area contributed by atoms with E-state index in [2.05, 4.69) is 19.8 Å². The summed E-state index contributed by atoms with van der Waals surface area (Å²) in [5.74, 6) is -10.7. The topological polar surface area (TPSA) is 125 Å². The van der Waals surface area contributed by atoms with Gasteiger partial charge < -0.3 is 15.2 Å². The number of hydrogen-bond donors (Lipinski definition) is 1. The Morgan fingerprint density at radius 2 is 1.56 bits per heavy atom. The molecule has 0 unspecified atom stereocenters. The molecule has 0 aliphatic carbocycles. The van der Waals surface area contributed by atoms with Gasteiger partial charge in [-0.3, -0.25) is 0 Å². The van der Waals surface area contributed by atoms with Crippen LogP contribution in [0.5, 0.6) is 17.2 Å². The number of nitrogens with two attached hydrogens (primary N) is 1. The number of hydrogen-bond acceptors (Lipinski definition) is 8. The van der Waals surface area contributed by atoms with Gasteiger partial charge >= 0.3 is 6.18 Å². The van der Waals surface area contributed by atoms with Gasteiger partial charge in [-0.2, -0.15) is 27.0 Å². The van der Waals surface area contributed by atoms with E-state index in [0.29, 0.717) is 32.4 Å². The van der Waals surface area contributed by atoms with Crippen molar-refractivity contribution in [1.29, 1.82) is 0 Å². The zero-order valence-corrected chi connectivity index (χ0v) is 25.2.